The van der Waals surface area contributed by atoms with Gasteiger partial charge >= 0.3 is 5.82 Å². The van der Waals surface area contributed by atoms with Gasteiger partial charge in [0, 0.05) is 11.6 Å². The Labute approximate surface area is 121 Å². The molecule has 2 aliphatic rings. The van der Waals surface area contributed by atoms with Gasteiger partial charge in [-0.15, -0.1) is 0 Å². The van der Waals surface area contributed by atoms with Gasteiger partial charge in [-0.3, -0.25) is 0 Å². The van der Waals surface area contributed by atoms with E-state index in [1.165, 1.54) is 13.2 Å². The lowest BCUT2D eigenvalue weighted by Crippen LogP contribution is -2.37. The molecule has 21 heavy (non-hydrogen) atoms. The Morgan fingerprint density at radius 1 is 1.33 bits per heavy atom. The van der Waals surface area contributed by atoms with Crippen LogP contribution >= 0.6 is 0 Å². The van der Waals surface area contributed by atoms with Crippen LogP contribution in [-0.2, 0) is 9.47 Å². The Balaban J connectivity index is 1.99. The molecule has 0 spiro atoms. The molecule has 0 aromatic carbocycles. The van der Waals surface area contributed by atoms with Crippen LogP contribution in [0.5, 0.6) is 5.75 Å². The lowest BCUT2D eigenvalue weighted by molar-refractivity contribution is -0.389. The first-order valence-electron chi connectivity index (χ1n) is 6.52. The summed E-state index contributed by atoms with van der Waals surface area (Å²) in [4.78, 5) is 14.4. The Morgan fingerprint density at radius 2 is 2.10 bits per heavy atom. The van der Waals surface area contributed by atoms with Gasteiger partial charge in [-0.1, -0.05) is 12.2 Å². The molecule has 0 bridgehead atoms. The lowest BCUT2D eigenvalue weighted by atomic mass is 9.98. The van der Waals surface area contributed by atoms with Crippen LogP contribution in [0.3, 0.4) is 0 Å². The third-order valence-corrected chi connectivity index (χ3v) is 3.36. The van der Waals surface area contributed by atoms with Gasteiger partial charge in [0.1, 0.15) is 12.2 Å². The summed E-state index contributed by atoms with van der Waals surface area (Å²) in [7, 11) is 1.50. The lowest BCUT2D eigenvalue weighted by Gasteiger charge is -2.30. The average molecular weight is 290 g/mol. The number of hydrogen-bond donors (Lipinski definition) is 0. The Bertz CT molecular complexity index is 626. The zero-order valence-corrected chi connectivity index (χ0v) is 11.4. The molecule has 2 heterocycles. The van der Waals surface area contributed by atoms with Crippen molar-refractivity contribution in [3.05, 3.63) is 46.2 Å². The van der Waals surface area contributed by atoms with Crippen molar-refractivity contribution in [1.82, 2.24) is 4.98 Å². The molecule has 0 N–H and O–H groups in total. The number of nitro groups is 1. The molecule has 110 valence electrons. The highest BCUT2D eigenvalue weighted by molar-refractivity contribution is 5.77. The van der Waals surface area contributed by atoms with E-state index in [2.05, 4.69) is 4.98 Å². The highest BCUT2D eigenvalue weighted by Gasteiger charge is 2.29. The van der Waals surface area contributed by atoms with E-state index >= 15 is 0 Å². The Kier molecular flexibility index (Phi) is 3.68. The Morgan fingerprint density at radius 3 is 2.81 bits per heavy atom. The third kappa shape index (κ3) is 2.65. The zero-order chi connectivity index (χ0) is 14.8. The second-order valence-corrected chi connectivity index (χ2v) is 4.63. The molecular weight excluding hydrogens is 276 g/mol. The molecule has 2 atom stereocenters. The molecule has 0 radical (unpaired) electrons. The highest BCUT2D eigenvalue weighted by atomic mass is 16.6. The predicted octanol–water partition coefficient (Wildman–Crippen LogP) is 1.74. The molecule has 1 aliphatic heterocycles. The van der Waals surface area contributed by atoms with Gasteiger partial charge in [0.2, 0.25) is 5.69 Å². The minimum atomic E-state index is -0.529. The SMILES string of the molecule is COc1ccc([N+](=O)[O-])nc1C1=CC2OCCOC2C=C1. The molecule has 2 unspecified atom stereocenters. The van der Waals surface area contributed by atoms with Gasteiger partial charge in [-0.2, -0.15) is 0 Å². The van der Waals surface area contributed by atoms with Crippen molar-refractivity contribution in [3.8, 4) is 5.75 Å². The first-order chi connectivity index (χ1) is 10.2. The maximum Gasteiger partial charge on any atom is 0.364 e. The summed E-state index contributed by atoms with van der Waals surface area (Å²) in [6.45, 7) is 1.09. The normalized spacial score (nSPS) is 24.1. The fourth-order valence-electron chi connectivity index (χ4n) is 2.36. The number of ether oxygens (including phenoxy) is 3. The fraction of sp³-hybridized carbons (Fsp3) is 0.357. The molecule has 0 amide bonds. The van der Waals surface area contributed by atoms with Gasteiger partial charge in [-0.25, -0.2) is 0 Å². The molecule has 1 fully saturated rings. The van der Waals surface area contributed by atoms with Gasteiger partial charge in [-0.05, 0) is 22.0 Å². The summed E-state index contributed by atoms with van der Waals surface area (Å²) >= 11 is 0. The zero-order valence-electron chi connectivity index (χ0n) is 11.4. The van der Waals surface area contributed by atoms with Crippen LogP contribution in [0.4, 0.5) is 5.82 Å². The number of hydrogen-bond acceptors (Lipinski definition) is 6. The summed E-state index contributed by atoms with van der Waals surface area (Å²) in [6.07, 6.45) is 5.23. The second kappa shape index (κ2) is 5.63. The summed E-state index contributed by atoms with van der Waals surface area (Å²) in [5.41, 5.74) is 1.15. The predicted molar refractivity (Wildman–Crippen MR) is 74.0 cm³/mol. The first kappa shape index (κ1) is 13.7. The van der Waals surface area contributed by atoms with Crippen molar-refractivity contribution in [2.45, 2.75) is 12.2 Å². The van der Waals surface area contributed by atoms with E-state index in [1.807, 2.05) is 18.2 Å². The van der Waals surface area contributed by atoms with Crippen LogP contribution in [0.1, 0.15) is 5.69 Å². The Hall–Kier alpha value is -2.25. The molecular formula is C14H14N2O5. The standard InChI is InChI=1S/C14H14N2O5/c1-19-11-4-5-13(16(17)18)15-14(11)9-2-3-10-12(8-9)21-7-6-20-10/h2-5,8,10,12H,6-7H2,1H3. The average Bonchev–Trinajstić information content (AvgIpc) is 2.53. The van der Waals surface area contributed by atoms with E-state index in [0.29, 0.717) is 24.7 Å². The molecule has 3 rings (SSSR count). The van der Waals surface area contributed by atoms with Crippen molar-refractivity contribution in [2.24, 2.45) is 0 Å². The monoisotopic (exact) mass is 290 g/mol. The number of pyridine rings is 1. The van der Waals surface area contributed by atoms with E-state index in [9.17, 15) is 10.1 Å². The summed E-state index contributed by atoms with van der Waals surface area (Å²) in [5, 5.41) is 10.9. The highest BCUT2D eigenvalue weighted by Crippen LogP contribution is 2.31. The van der Waals surface area contributed by atoms with E-state index in [4.69, 9.17) is 14.2 Å². The molecule has 1 aliphatic carbocycles. The van der Waals surface area contributed by atoms with Gasteiger partial charge < -0.3 is 24.3 Å². The second-order valence-electron chi connectivity index (χ2n) is 4.63. The van der Waals surface area contributed by atoms with Crippen molar-refractivity contribution in [1.29, 1.82) is 0 Å². The van der Waals surface area contributed by atoms with E-state index in [-0.39, 0.29) is 18.0 Å². The third-order valence-electron chi connectivity index (χ3n) is 3.36. The fourth-order valence-corrected chi connectivity index (χ4v) is 2.36. The summed E-state index contributed by atoms with van der Waals surface area (Å²) in [5.74, 6) is 0.259. The van der Waals surface area contributed by atoms with E-state index < -0.39 is 4.92 Å². The van der Waals surface area contributed by atoms with Gasteiger partial charge in [0.05, 0.1) is 20.3 Å². The molecule has 1 saturated heterocycles. The minimum absolute atomic E-state index is 0.118. The molecule has 7 nitrogen and oxygen atoms in total. The molecule has 1 aromatic rings. The van der Waals surface area contributed by atoms with E-state index in [0.717, 1.165) is 5.57 Å². The quantitative estimate of drug-likeness (QED) is 0.622. The van der Waals surface area contributed by atoms with Crippen molar-refractivity contribution < 1.29 is 19.1 Å². The number of rotatable bonds is 3. The van der Waals surface area contributed by atoms with Crippen molar-refractivity contribution >= 4 is 11.4 Å². The first-order valence-corrected chi connectivity index (χ1v) is 6.52. The van der Waals surface area contributed by atoms with Crippen LogP contribution in [0.2, 0.25) is 0 Å². The molecule has 1 aromatic heterocycles. The molecule has 0 saturated carbocycles. The van der Waals surface area contributed by atoms with Gasteiger partial charge in [0.15, 0.2) is 5.75 Å². The number of allylic oxidation sites excluding steroid dienone is 2. The van der Waals surface area contributed by atoms with Crippen molar-refractivity contribution in [2.75, 3.05) is 20.3 Å². The maximum absolute atomic E-state index is 10.9. The van der Waals surface area contributed by atoms with Crippen LogP contribution in [0, 0.1) is 10.1 Å². The van der Waals surface area contributed by atoms with Crippen LogP contribution in [-0.4, -0.2) is 42.4 Å². The van der Waals surface area contributed by atoms with Crippen molar-refractivity contribution in [3.63, 3.8) is 0 Å². The smallest absolute Gasteiger partial charge is 0.364 e. The maximum atomic E-state index is 10.9. The topological polar surface area (TPSA) is 83.7 Å². The number of aromatic nitrogens is 1. The van der Waals surface area contributed by atoms with Crippen LogP contribution < -0.4 is 4.74 Å². The number of fused-ring (bicyclic) bond motifs is 1. The largest absolute Gasteiger partial charge is 0.492 e. The van der Waals surface area contributed by atoms with E-state index in [1.54, 1.807) is 6.07 Å². The number of nitrogens with zero attached hydrogens (tertiary/aromatic N) is 2. The summed E-state index contributed by atoms with van der Waals surface area (Å²) < 4.78 is 16.4. The minimum Gasteiger partial charge on any atom is -0.492 e. The summed E-state index contributed by atoms with van der Waals surface area (Å²) in [6, 6.07) is 2.86. The molecule has 7 heteroatoms. The number of methoxy groups -OCH3 is 1. The van der Waals surface area contributed by atoms with Crippen LogP contribution in [0.15, 0.2) is 30.4 Å². The van der Waals surface area contributed by atoms with Gasteiger partial charge in [0.25, 0.3) is 0 Å². The van der Waals surface area contributed by atoms with Crippen LogP contribution in [0.25, 0.3) is 5.57 Å².